The maximum absolute atomic E-state index is 12.0. The van der Waals surface area contributed by atoms with Crippen LogP contribution < -0.4 is 0 Å². The third kappa shape index (κ3) is 5.35. The van der Waals surface area contributed by atoms with Gasteiger partial charge in [0.1, 0.15) is 7.59 Å². The lowest BCUT2D eigenvalue weighted by Gasteiger charge is -2.23. The molecule has 11 heteroatoms. The summed E-state index contributed by atoms with van der Waals surface area (Å²) in [6, 6.07) is 0. The van der Waals surface area contributed by atoms with Crippen molar-refractivity contribution in [2.75, 3.05) is 21.3 Å². The molecule has 0 unspecified atom stereocenters. The maximum Gasteiger partial charge on any atom is 0.667 e. The lowest BCUT2D eigenvalue weighted by molar-refractivity contribution is 0.0535. The van der Waals surface area contributed by atoms with Crippen molar-refractivity contribution in [2.45, 2.75) is 19.6 Å². The van der Waals surface area contributed by atoms with Gasteiger partial charge in [-0.05, 0) is 0 Å². The van der Waals surface area contributed by atoms with E-state index in [2.05, 4.69) is 0 Å². The van der Waals surface area contributed by atoms with Gasteiger partial charge in [-0.1, -0.05) is 19.6 Å². The highest BCUT2D eigenvalue weighted by atomic mass is 29.8. The van der Waals surface area contributed by atoms with E-state index in [0.29, 0.717) is 0 Å². The first-order chi connectivity index (χ1) is 7.72. The Kier molecular flexibility index (Phi) is 7.42. The SMILES string of the molecule is CO[Si](OC)(OC)O[SiH2][Si](=O)[Si](=O)[Si](C)(C)C. The quantitative estimate of drug-likeness (QED) is 0.549. The first kappa shape index (κ1) is 17.5. The van der Waals surface area contributed by atoms with E-state index in [-0.39, 0.29) is 0 Å². The predicted molar refractivity (Wildman–Crippen MR) is 72.6 cm³/mol. The van der Waals surface area contributed by atoms with Crippen molar-refractivity contribution in [3.05, 3.63) is 0 Å². The van der Waals surface area contributed by atoms with E-state index in [4.69, 9.17) is 17.4 Å². The summed E-state index contributed by atoms with van der Waals surface area (Å²) in [5, 5.41) is 0. The Bertz CT molecular complexity index is 277. The van der Waals surface area contributed by atoms with Crippen molar-refractivity contribution in [1.29, 1.82) is 0 Å². The summed E-state index contributed by atoms with van der Waals surface area (Å²) in [6.07, 6.45) is 0. The lowest BCUT2D eigenvalue weighted by Crippen LogP contribution is -2.52. The van der Waals surface area contributed by atoms with Gasteiger partial charge in [0.25, 0.3) is 0 Å². The molecule has 0 saturated carbocycles. The van der Waals surface area contributed by atoms with Gasteiger partial charge in [0, 0.05) is 21.3 Å². The van der Waals surface area contributed by atoms with Gasteiger partial charge in [-0.15, -0.1) is 0 Å². The molecular weight excluding hydrogens is 308 g/mol. The molecule has 100 valence electrons. The maximum atomic E-state index is 12.0. The van der Waals surface area contributed by atoms with E-state index in [1.54, 1.807) is 0 Å². The molecule has 0 aliphatic carbocycles. The van der Waals surface area contributed by atoms with Gasteiger partial charge in [-0.2, -0.15) is 0 Å². The number of hydrogen-bond donors (Lipinski definition) is 0. The minimum Gasteiger partial charge on any atom is -0.395 e. The summed E-state index contributed by atoms with van der Waals surface area (Å²) in [5.74, 6) is 0. The molecule has 17 heavy (non-hydrogen) atoms. The minimum atomic E-state index is -3.11. The molecule has 0 aliphatic rings. The van der Waals surface area contributed by atoms with Crippen molar-refractivity contribution >= 4 is 41.4 Å². The standard InChI is InChI=1S/C6H20O6Si5/c1-9-17(10-2,11-3)12-13-14(7)15(8)16(4,5)6/h13H2,1-6H3. The Morgan fingerprint density at radius 2 is 1.35 bits per heavy atom. The second kappa shape index (κ2) is 7.20. The smallest absolute Gasteiger partial charge is 0.395 e. The zero-order chi connectivity index (χ0) is 13.7. The highest BCUT2D eigenvalue weighted by molar-refractivity contribution is 7.56. The highest BCUT2D eigenvalue weighted by Gasteiger charge is 2.44. The van der Waals surface area contributed by atoms with Crippen molar-refractivity contribution < 1.29 is 26.3 Å². The van der Waals surface area contributed by atoms with Crippen LogP contribution in [0.5, 0.6) is 0 Å². The number of hydrogen-bond acceptors (Lipinski definition) is 6. The van der Waals surface area contributed by atoms with E-state index in [1.807, 2.05) is 19.6 Å². The second-order valence-electron chi connectivity index (χ2n) is 4.40. The van der Waals surface area contributed by atoms with Crippen LogP contribution in [0.2, 0.25) is 19.6 Å². The first-order valence-corrected chi connectivity index (χ1v) is 17.9. The Labute approximate surface area is 109 Å². The molecule has 0 N–H and O–H groups in total. The van der Waals surface area contributed by atoms with Crippen molar-refractivity contribution in [3.63, 3.8) is 0 Å². The van der Waals surface area contributed by atoms with E-state index < -0.39 is 41.4 Å². The Hall–Kier alpha value is 0.524. The highest BCUT2D eigenvalue weighted by Crippen LogP contribution is 2.07. The van der Waals surface area contributed by atoms with Gasteiger partial charge in [0.05, 0.1) is 0 Å². The monoisotopic (exact) mass is 328 g/mol. The van der Waals surface area contributed by atoms with Gasteiger partial charge in [0.15, 0.2) is 0 Å². The van der Waals surface area contributed by atoms with E-state index >= 15 is 0 Å². The van der Waals surface area contributed by atoms with E-state index in [9.17, 15) is 8.92 Å². The Morgan fingerprint density at radius 3 is 1.65 bits per heavy atom. The molecule has 0 bridgehead atoms. The third-order valence-corrected chi connectivity index (χ3v) is 32.0. The van der Waals surface area contributed by atoms with Crippen LogP contribution in [0.3, 0.4) is 0 Å². The van der Waals surface area contributed by atoms with Crippen LogP contribution in [-0.4, -0.2) is 62.7 Å². The lowest BCUT2D eigenvalue weighted by atomic mass is 11.8. The molecule has 0 aliphatic heterocycles. The Balaban J connectivity index is 4.47. The van der Waals surface area contributed by atoms with Gasteiger partial charge in [-0.3, -0.25) is 0 Å². The summed E-state index contributed by atoms with van der Waals surface area (Å²) in [4.78, 5) is 0. The first-order valence-electron chi connectivity index (χ1n) is 5.09. The molecule has 6 nitrogen and oxygen atoms in total. The molecule has 0 fully saturated rings. The molecule has 0 saturated heterocycles. The van der Waals surface area contributed by atoms with Crippen molar-refractivity contribution in [3.8, 4) is 0 Å². The molecule has 0 aromatic heterocycles. The zero-order valence-corrected chi connectivity index (χ0v) is 16.6. The molecular formula is C6H20O6Si5. The van der Waals surface area contributed by atoms with E-state index in [1.165, 1.54) is 21.3 Å². The zero-order valence-electron chi connectivity index (χ0n) is 11.2. The van der Waals surface area contributed by atoms with Gasteiger partial charge in [-0.25, -0.2) is 0 Å². The molecule has 0 rings (SSSR count). The average Bonchev–Trinajstić information content (AvgIpc) is 2.29. The summed E-state index contributed by atoms with van der Waals surface area (Å²) >= 11 is 0. The van der Waals surface area contributed by atoms with E-state index in [0.717, 1.165) is 0 Å². The van der Waals surface area contributed by atoms with Crippen LogP contribution in [0, 0.1) is 0 Å². The van der Waals surface area contributed by atoms with Crippen LogP contribution >= 0.6 is 0 Å². The molecule has 0 heterocycles. The topological polar surface area (TPSA) is 71.1 Å². The summed E-state index contributed by atoms with van der Waals surface area (Å²) < 4.78 is 44.5. The fraction of sp³-hybridized carbons (Fsp3) is 1.00. The largest absolute Gasteiger partial charge is 0.667 e. The van der Waals surface area contributed by atoms with Gasteiger partial charge in [0.2, 0.25) is 9.28 Å². The molecule has 0 atom stereocenters. The van der Waals surface area contributed by atoms with Crippen LogP contribution in [-0.2, 0) is 26.3 Å². The molecule has 0 radical (unpaired) electrons. The van der Waals surface area contributed by atoms with Crippen LogP contribution in [0.4, 0.5) is 0 Å². The summed E-state index contributed by atoms with van der Waals surface area (Å²) in [7, 11) is -6.21. The number of rotatable bonds is 8. The normalized spacial score (nSPS) is 13.3. The minimum absolute atomic E-state index is 1.42. The summed E-state index contributed by atoms with van der Waals surface area (Å²) in [6.45, 7) is 5.87. The van der Waals surface area contributed by atoms with Crippen molar-refractivity contribution in [2.24, 2.45) is 0 Å². The fourth-order valence-corrected chi connectivity index (χ4v) is 37.8. The Morgan fingerprint density at radius 1 is 0.941 bits per heavy atom. The molecule has 0 aromatic rings. The third-order valence-electron chi connectivity index (χ3n) is 2.06. The van der Waals surface area contributed by atoms with Crippen LogP contribution in [0.25, 0.3) is 0 Å². The summed E-state index contributed by atoms with van der Waals surface area (Å²) in [5.41, 5.74) is 0. The van der Waals surface area contributed by atoms with Crippen LogP contribution in [0.15, 0.2) is 0 Å². The fourth-order valence-electron chi connectivity index (χ4n) is 1.06. The van der Waals surface area contributed by atoms with Crippen molar-refractivity contribution in [1.82, 2.24) is 0 Å². The van der Waals surface area contributed by atoms with Crippen LogP contribution in [0.1, 0.15) is 0 Å². The molecule has 0 amide bonds. The molecule has 0 aromatic carbocycles. The molecule has 0 spiro atoms. The second-order valence-corrected chi connectivity index (χ2v) is 29.4. The predicted octanol–water partition coefficient (Wildman–Crippen LogP) is -0.703. The van der Waals surface area contributed by atoms with Gasteiger partial charge >= 0.3 is 24.5 Å². The average molecular weight is 329 g/mol. The van der Waals surface area contributed by atoms with Gasteiger partial charge < -0.3 is 26.3 Å².